The molecule has 7 nitrogen and oxygen atoms in total. The van der Waals surface area contributed by atoms with E-state index in [1.807, 2.05) is 55.6 Å². The fourth-order valence-electron chi connectivity index (χ4n) is 2.25. The van der Waals surface area contributed by atoms with Gasteiger partial charge in [-0.2, -0.15) is 10.2 Å². The Hall–Kier alpha value is -3.48. The maximum atomic E-state index is 11.9. The molecule has 0 unspecified atom stereocenters. The van der Waals surface area contributed by atoms with Crippen molar-refractivity contribution in [3.05, 3.63) is 72.2 Å². The minimum atomic E-state index is -0.158. The van der Waals surface area contributed by atoms with Crippen molar-refractivity contribution in [3.63, 3.8) is 0 Å². The Morgan fingerprint density at radius 3 is 2.73 bits per heavy atom. The number of aromatic nitrogens is 4. The number of carbonyl (C=O) groups is 1. The topological polar surface area (TPSA) is 84.7 Å². The molecule has 0 fully saturated rings. The molecule has 132 valence electrons. The maximum Gasteiger partial charge on any atom is 0.244 e. The van der Waals surface area contributed by atoms with Crippen molar-refractivity contribution in [2.45, 2.75) is 6.92 Å². The first-order chi connectivity index (χ1) is 12.7. The van der Waals surface area contributed by atoms with Gasteiger partial charge in [0.25, 0.3) is 0 Å². The van der Waals surface area contributed by atoms with Gasteiger partial charge in [-0.25, -0.2) is 4.68 Å². The molecule has 26 heavy (non-hydrogen) atoms. The largest absolute Gasteiger partial charge is 0.367 e. The van der Waals surface area contributed by atoms with E-state index in [0.29, 0.717) is 18.9 Å². The third-order valence-corrected chi connectivity index (χ3v) is 3.58. The van der Waals surface area contributed by atoms with Gasteiger partial charge in [0, 0.05) is 30.9 Å². The molecule has 1 aromatic carbocycles. The van der Waals surface area contributed by atoms with Crippen LogP contribution in [0.2, 0.25) is 0 Å². The number of hydrogen-bond acceptors (Lipinski definition) is 5. The van der Waals surface area contributed by atoms with Crippen LogP contribution in [0.15, 0.2) is 60.9 Å². The van der Waals surface area contributed by atoms with Crippen LogP contribution >= 0.6 is 0 Å². The van der Waals surface area contributed by atoms with Crippen molar-refractivity contribution < 1.29 is 4.79 Å². The van der Waals surface area contributed by atoms with Crippen molar-refractivity contribution in [2.24, 2.45) is 0 Å². The fourth-order valence-corrected chi connectivity index (χ4v) is 2.25. The lowest BCUT2D eigenvalue weighted by Crippen LogP contribution is -2.27. The molecular formula is C19H20N6O. The molecule has 2 heterocycles. The van der Waals surface area contributed by atoms with E-state index in [2.05, 4.69) is 25.9 Å². The second-order valence-corrected chi connectivity index (χ2v) is 5.66. The van der Waals surface area contributed by atoms with Crippen LogP contribution in [-0.2, 0) is 4.79 Å². The Labute approximate surface area is 151 Å². The molecule has 0 aliphatic rings. The second kappa shape index (κ2) is 8.57. The van der Waals surface area contributed by atoms with Crippen LogP contribution in [0, 0.1) is 6.92 Å². The van der Waals surface area contributed by atoms with E-state index in [-0.39, 0.29) is 5.91 Å². The summed E-state index contributed by atoms with van der Waals surface area (Å²) in [4.78, 5) is 11.9. The SMILES string of the molecule is Cc1ccc(NCCNC(=O)C=Cc2cnn(-c3ccccc3)c2)nn1. The zero-order valence-electron chi connectivity index (χ0n) is 14.5. The maximum absolute atomic E-state index is 11.9. The van der Waals surface area contributed by atoms with E-state index >= 15 is 0 Å². The zero-order chi connectivity index (χ0) is 18.2. The molecule has 0 saturated heterocycles. The fraction of sp³-hybridized carbons (Fsp3) is 0.158. The van der Waals surface area contributed by atoms with Gasteiger partial charge in [-0.1, -0.05) is 18.2 Å². The normalized spacial score (nSPS) is 10.8. The molecule has 1 amide bonds. The van der Waals surface area contributed by atoms with Gasteiger partial charge < -0.3 is 10.6 Å². The van der Waals surface area contributed by atoms with Gasteiger partial charge in [-0.15, -0.1) is 5.10 Å². The van der Waals surface area contributed by atoms with Crippen molar-refractivity contribution >= 4 is 17.8 Å². The number of nitrogens with zero attached hydrogens (tertiary/aromatic N) is 4. The molecular weight excluding hydrogens is 328 g/mol. The first-order valence-corrected chi connectivity index (χ1v) is 8.31. The minimum absolute atomic E-state index is 0.158. The summed E-state index contributed by atoms with van der Waals surface area (Å²) < 4.78 is 1.77. The van der Waals surface area contributed by atoms with Crippen LogP contribution < -0.4 is 10.6 Å². The van der Waals surface area contributed by atoms with Gasteiger partial charge >= 0.3 is 0 Å². The molecule has 2 N–H and O–H groups in total. The molecule has 3 rings (SSSR count). The lowest BCUT2D eigenvalue weighted by Gasteiger charge is -2.05. The molecule has 0 atom stereocenters. The Bertz CT molecular complexity index is 871. The quantitative estimate of drug-likeness (QED) is 0.505. The Morgan fingerprint density at radius 1 is 1.12 bits per heavy atom. The van der Waals surface area contributed by atoms with Gasteiger partial charge in [-0.05, 0) is 37.3 Å². The highest BCUT2D eigenvalue weighted by atomic mass is 16.1. The molecule has 0 radical (unpaired) electrons. The van der Waals surface area contributed by atoms with Crippen LogP contribution in [0.3, 0.4) is 0 Å². The summed E-state index contributed by atoms with van der Waals surface area (Å²) in [5.74, 6) is 0.531. The summed E-state index contributed by atoms with van der Waals surface area (Å²) in [6.45, 7) is 2.94. The third-order valence-electron chi connectivity index (χ3n) is 3.58. The average molecular weight is 348 g/mol. The van der Waals surface area contributed by atoms with Crippen molar-refractivity contribution in [3.8, 4) is 5.69 Å². The number of aryl methyl sites for hydroxylation is 1. The van der Waals surface area contributed by atoms with Crippen LogP contribution in [0.1, 0.15) is 11.3 Å². The molecule has 0 saturated carbocycles. The van der Waals surface area contributed by atoms with Crippen LogP contribution in [0.25, 0.3) is 11.8 Å². The molecule has 0 aliphatic carbocycles. The Morgan fingerprint density at radius 2 is 1.96 bits per heavy atom. The van der Waals surface area contributed by atoms with E-state index in [1.54, 1.807) is 17.0 Å². The Kier molecular flexibility index (Phi) is 5.72. The summed E-state index contributed by atoms with van der Waals surface area (Å²) in [5, 5.41) is 18.2. The molecule has 2 aromatic heterocycles. The lowest BCUT2D eigenvalue weighted by molar-refractivity contribution is -0.116. The molecule has 0 aliphatic heterocycles. The summed E-state index contributed by atoms with van der Waals surface area (Å²) in [7, 11) is 0. The number of anilines is 1. The summed E-state index contributed by atoms with van der Waals surface area (Å²) in [5.41, 5.74) is 2.70. The van der Waals surface area contributed by atoms with Crippen molar-refractivity contribution in [2.75, 3.05) is 18.4 Å². The number of hydrogen-bond donors (Lipinski definition) is 2. The van der Waals surface area contributed by atoms with Crippen molar-refractivity contribution in [1.29, 1.82) is 0 Å². The summed E-state index contributed by atoms with van der Waals surface area (Å²) >= 11 is 0. The number of rotatable bonds is 7. The van der Waals surface area contributed by atoms with Crippen LogP contribution in [0.4, 0.5) is 5.82 Å². The van der Waals surface area contributed by atoms with E-state index in [9.17, 15) is 4.79 Å². The smallest absolute Gasteiger partial charge is 0.244 e. The Balaban J connectivity index is 1.43. The van der Waals surface area contributed by atoms with Gasteiger partial charge in [0.15, 0.2) is 0 Å². The summed E-state index contributed by atoms with van der Waals surface area (Å²) in [6, 6.07) is 13.5. The van der Waals surface area contributed by atoms with Gasteiger partial charge in [0.2, 0.25) is 5.91 Å². The predicted molar refractivity (Wildman–Crippen MR) is 101 cm³/mol. The molecule has 3 aromatic rings. The first kappa shape index (κ1) is 17.3. The number of carbonyl (C=O) groups excluding carboxylic acids is 1. The second-order valence-electron chi connectivity index (χ2n) is 5.66. The van der Waals surface area contributed by atoms with Crippen molar-refractivity contribution in [1.82, 2.24) is 25.3 Å². The number of para-hydroxylation sites is 1. The average Bonchev–Trinajstić information content (AvgIpc) is 3.15. The monoisotopic (exact) mass is 348 g/mol. The highest BCUT2D eigenvalue weighted by molar-refractivity contribution is 5.91. The molecule has 0 bridgehead atoms. The van der Waals surface area contributed by atoms with Crippen LogP contribution in [0.5, 0.6) is 0 Å². The highest BCUT2D eigenvalue weighted by Crippen LogP contribution is 2.08. The third kappa shape index (κ3) is 5.01. The minimum Gasteiger partial charge on any atom is -0.367 e. The molecule has 7 heteroatoms. The summed E-state index contributed by atoms with van der Waals surface area (Å²) in [6.07, 6.45) is 6.82. The van der Waals surface area contributed by atoms with Gasteiger partial charge in [0.05, 0.1) is 17.6 Å². The zero-order valence-corrected chi connectivity index (χ0v) is 14.5. The first-order valence-electron chi connectivity index (χ1n) is 8.31. The van der Waals surface area contributed by atoms with Gasteiger partial charge in [0.1, 0.15) is 5.82 Å². The van der Waals surface area contributed by atoms with Gasteiger partial charge in [-0.3, -0.25) is 4.79 Å². The van der Waals surface area contributed by atoms with E-state index in [1.165, 1.54) is 6.08 Å². The number of amides is 1. The van der Waals surface area contributed by atoms with E-state index < -0.39 is 0 Å². The van der Waals surface area contributed by atoms with E-state index in [0.717, 1.165) is 16.9 Å². The number of nitrogens with one attached hydrogen (secondary N) is 2. The highest BCUT2D eigenvalue weighted by Gasteiger charge is 2.00. The van der Waals surface area contributed by atoms with Crippen LogP contribution in [-0.4, -0.2) is 39.0 Å². The number of benzene rings is 1. The predicted octanol–water partition coefficient (Wildman–Crippen LogP) is 2.21. The molecule has 0 spiro atoms. The standard InChI is InChI=1S/C19H20N6O/c1-15-7-9-18(24-23-15)20-11-12-21-19(26)10-8-16-13-22-25(14-16)17-5-3-2-4-6-17/h2-10,13-14H,11-12H2,1H3,(H,20,24)(H,21,26). The lowest BCUT2D eigenvalue weighted by atomic mass is 10.3. The van der Waals surface area contributed by atoms with E-state index in [4.69, 9.17) is 0 Å².